The summed E-state index contributed by atoms with van der Waals surface area (Å²) in [7, 11) is 1.64. The van der Waals surface area contributed by atoms with Crippen LogP contribution in [-0.4, -0.2) is 41.1 Å². The van der Waals surface area contributed by atoms with Crippen molar-refractivity contribution in [1.82, 2.24) is 9.88 Å². The summed E-state index contributed by atoms with van der Waals surface area (Å²) in [6, 6.07) is 3.40. The number of pyridine rings is 1. The van der Waals surface area contributed by atoms with E-state index in [2.05, 4.69) is 20.9 Å². The summed E-state index contributed by atoms with van der Waals surface area (Å²) in [5.74, 6) is -0.140. The molecular formula is C9H11BrN2O2. The van der Waals surface area contributed by atoms with E-state index in [9.17, 15) is 4.79 Å². The van der Waals surface area contributed by atoms with E-state index < -0.39 is 0 Å². The van der Waals surface area contributed by atoms with Gasteiger partial charge < -0.3 is 10.0 Å². The summed E-state index contributed by atoms with van der Waals surface area (Å²) in [6.45, 7) is 0.293. The number of rotatable bonds is 3. The van der Waals surface area contributed by atoms with Crippen molar-refractivity contribution in [2.75, 3.05) is 20.2 Å². The Hall–Kier alpha value is -0.940. The van der Waals surface area contributed by atoms with Crippen LogP contribution in [0.2, 0.25) is 0 Å². The lowest BCUT2D eigenvalue weighted by molar-refractivity contribution is 0.0766. The molecule has 0 saturated carbocycles. The molecule has 1 amide bonds. The van der Waals surface area contributed by atoms with Gasteiger partial charge in [-0.15, -0.1) is 0 Å². The Bertz CT molecular complexity index is 313. The Labute approximate surface area is 90.7 Å². The Balaban J connectivity index is 2.74. The van der Waals surface area contributed by atoms with Crippen molar-refractivity contribution in [2.24, 2.45) is 0 Å². The predicted octanol–water partition coefficient (Wildman–Crippen LogP) is 0.908. The van der Waals surface area contributed by atoms with Gasteiger partial charge in [0.1, 0.15) is 4.60 Å². The minimum absolute atomic E-state index is 0.0355. The van der Waals surface area contributed by atoms with Gasteiger partial charge in [0.05, 0.1) is 12.2 Å². The minimum Gasteiger partial charge on any atom is -0.395 e. The SMILES string of the molecule is CN(CCO)C(=O)c1ccc(Br)nc1. The fraction of sp³-hybridized carbons (Fsp3) is 0.333. The van der Waals surface area contributed by atoms with Crippen molar-refractivity contribution >= 4 is 21.8 Å². The van der Waals surface area contributed by atoms with Crippen molar-refractivity contribution in [1.29, 1.82) is 0 Å². The van der Waals surface area contributed by atoms with Crippen LogP contribution in [0.3, 0.4) is 0 Å². The Morgan fingerprint density at radius 2 is 2.36 bits per heavy atom. The van der Waals surface area contributed by atoms with Crippen molar-refractivity contribution in [3.05, 3.63) is 28.5 Å². The van der Waals surface area contributed by atoms with Gasteiger partial charge in [-0.3, -0.25) is 4.79 Å². The highest BCUT2D eigenvalue weighted by Crippen LogP contribution is 2.07. The number of hydrogen-bond acceptors (Lipinski definition) is 3. The van der Waals surface area contributed by atoms with Crippen LogP contribution < -0.4 is 0 Å². The normalized spacial score (nSPS) is 9.93. The lowest BCUT2D eigenvalue weighted by atomic mass is 10.2. The van der Waals surface area contributed by atoms with E-state index >= 15 is 0 Å². The van der Waals surface area contributed by atoms with Gasteiger partial charge in [-0.25, -0.2) is 4.98 Å². The topological polar surface area (TPSA) is 53.4 Å². The van der Waals surface area contributed by atoms with Gasteiger partial charge in [-0.05, 0) is 28.1 Å². The van der Waals surface area contributed by atoms with E-state index in [1.807, 2.05) is 0 Å². The molecule has 0 saturated heterocycles. The zero-order chi connectivity index (χ0) is 10.6. The maximum Gasteiger partial charge on any atom is 0.255 e. The summed E-state index contributed by atoms with van der Waals surface area (Å²) in [5, 5.41) is 8.66. The molecule has 1 N–H and O–H groups in total. The van der Waals surface area contributed by atoms with Crippen LogP contribution in [0.1, 0.15) is 10.4 Å². The molecule has 4 nitrogen and oxygen atoms in total. The summed E-state index contributed by atoms with van der Waals surface area (Å²) >= 11 is 3.19. The number of carbonyl (C=O) groups is 1. The molecule has 0 aliphatic rings. The third-order valence-electron chi connectivity index (χ3n) is 1.76. The van der Waals surface area contributed by atoms with E-state index in [1.165, 1.54) is 11.1 Å². The minimum atomic E-state index is -0.140. The molecule has 0 fully saturated rings. The number of carbonyl (C=O) groups excluding carboxylic acids is 1. The van der Waals surface area contributed by atoms with Crippen molar-refractivity contribution in [2.45, 2.75) is 0 Å². The quantitative estimate of drug-likeness (QED) is 0.821. The van der Waals surface area contributed by atoms with Gasteiger partial charge in [0.2, 0.25) is 0 Å². The second kappa shape index (κ2) is 5.07. The molecule has 76 valence electrons. The number of likely N-dealkylation sites (N-methyl/N-ethyl adjacent to an activating group) is 1. The molecule has 0 aliphatic carbocycles. The van der Waals surface area contributed by atoms with Crippen LogP contribution in [0.15, 0.2) is 22.9 Å². The summed E-state index contributed by atoms with van der Waals surface area (Å²) < 4.78 is 0.693. The fourth-order valence-electron chi connectivity index (χ4n) is 0.974. The van der Waals surface area contributed by atoms with Gasteiger partial charge >= 0.3 is 0 Å². The monoisotopic (exact) mass is 258 g/mol. The highest BCUT2D eigenvalue weighted by Gasteiger charge is 2.10. The standard InChI is InChI=1S/C9H11BrN2O2/c1-12(4-5-13)9(14)7-2-3-8(10)11-6-7/h2-3,6,13H,4-5H2,1H3. The predicted molar refractivity (Wildman–Crippen MR) is 56.0 cm³/mol. The zero-order valence-corrected chi connectivity index (χ0v) is 9.36. The molecule has 0 bridgehead atoms. The molecule has 1 heterocycles. The second-order valence-electron chi connectivity index (χ2n) is 2.82. The van der Waals surface area contributed by atoms with Crippen molar-refractivity contribution in [3.8, 4) is 0 Å². The first-order valence-electron chi connectivity index (χ1n) is 4.13. The highest BCUT2D eigenvalue weighted by molar-refractivity contribution is 9.10. The van der Waals surface area contributed by atoms with Crippen LogP contribution >= 0.6 is 15.9 Å². The molecule has 14 heavy (non-hydrogen) atoms. The second-order valence-corrected chi connectivity index (χ2v) is 3.63. The van der Waals surface area contributed by atoms with Crippen LogP contribution in [0.25, 0.3) is 0 Å². The summed E-state index contributed by atoms with van der Waals surface area (Å²) in [6.07, 6.45) is 1.50. The average molecular weight is 259 g/mol. The van der Waals surface area contributed by atoms with Gasteiger partial charge in [0.15, 0.2) is 0 Å². The number of aliphatic hydroxyl groups is 1. The molecule has 0 radical (unpaired) electrons. The van der Waals surface area contributed by atoms with Gasteiger partial charge in [0, 0.05) is 19.8 Å². The van der Waals surface area contributed by atoms with Crippen molar-refractivity contribution < 1.29 is 9.90 Å². The number of aliphatic hydroxyl groups excluding tert-OH is 1. The first-order valence-corrected chi connectivity index (χ1v) is 4.92. The van der Waals surface area contributed by atoms with Gasteiger partial charge in [0.25, 0.3) is 5.91 Å². The molecule has 0 atom stereocenters. The fourth-order valence-corrected chi connectivity index (χ4v) is 1.21. The van der Waals surface area contributed by atoms with Crippen molar-refractivity contribution in [3.63, 3.8) is 0 Å². The maximum atomic E-state index is 11.6. The first kappa shape index (κ1) is 11.1. The molecule has 1 aromatic rings. The number of halogens is 1. The van der Waals surface area contributed by atoms with E-state index in [0.717, 1.165) is 0 Å². The van der Waals surface area contributed by atoms with Gasteiger partial charge in [-0.1, -0.05) is 0 Å². The van der Waals surface area contributed by atoms with Crippen LogP contribution in [0.5, 0.6) is 0 Å². The smallest absolute Gasteiger partial charge is 0.255 e. The average Bonchev–Trinajstić information content (AvgIpc) is 2.18. The molecule has 5 heteroatoms. The van der Waals surface area contributed by atoms with E-state index in [0.29, 0.717) is 16.7 Å². The summed E-state index contributed by atoms with van der Waals surface area (Å²) in [5.41, 5.74) is 0.518. The molecule has 1 aromatic heterocycles. The lowest BCUT2D eigenvalue weighted by Crippen LogP contribution is -2.29. The van der Waals surface area contributed by atoms with Gasteiger partial charge in [-0.2, -0.15) is 0 Å². The summed E-state index contributed by atoms with van der Waals surface area (Å²) in [4.78, 5) is 17.0. The number of amides is 1. The molecule has 0 unspecified atom stereocenters. The van der Waals surface area contributed by atoms with E-state index in [-0.39, 0.29) is 12.5 Å². The molecule has 0 spiro atoms. The Morgan fingerprint density at radius 3 is 2.86 bits per heavy atom. The lowest BCUT2D eigenvalue weighted by Gasteiger charge is -2.15. The Morgan fingerprint density at radius 1 is 1.64 bits per heavy atom. The molecule has 0 aliphatic heterocycles. The molecule has 0 aromatic carbocycles. The van der Waals surface area contributed by atoms with E-state index in [4.69, 9.17) is 5.11 Å². The Kier molecular flexibility index (Phi) is 4.03. The number of nitrogens with zero attached hydrogens (tertiary/aromatic N) is 2. The van der Waals surface area contributed by atoms with Crippen LogP contribution in [-0.2, 0) is 0 Å². The van der Waals surface area contributed by atoms with Crippen LogP contribution in [0.4, 0.5) is 0 Å². The van der Waals surface area contributed by atoms with E-state index in [1.54, 1.807) is 19.2 Å². The highest BCUT2D eigenvalue weighted by atomic mass is 79.9. The third-order valence-corrected chi connectivity index (χ3v) is 2.23. The largest absolute Gasteiger partial charge is 0.395 e. The molecular weight excluding hydrogens is 248 g/mol. The number of hydrogen-bond donors (Lipinski definition) is 1. The van der Waals surface area contributed by atoms with Crippen LogP contribution in [0, 0.1) is 0 Å². The maximum absolute atomic E-state index is 11.6. The first-order chi connectivity index (χ1) is 6.65. The molecule has 1 rings (SSSR count). The number of aromatic nitrogens is 1. The zero-order valence-electron chi connectivity index (χ0n) is 7.77. The third kappa shape index (κ3) is 2.78.